The van der Waals surface area contributed by atoms with Crippen molar-refractivity contribution in [3.05, 3.63) is 47.5 Å². The first-order chi connectivity index (χ1) is 13.0. The van der Waals surface area contributed by atoms with Crippen LogP contribution >= 0.6 is 0 Å². The number of amides is 4. The lowest BCUT2D eigenvalue weighted by Gasteiger charge is -2.40. The Bertz CT molecular complexity index is 888. The molecule has 2 aliphatic heterocycles. The number of H-pyrrole nitrogens is 1. The van der Waals surface area contributed by atoms with Gasteiger partial charge in [-0.05, 0) is 37.8 Å². The van der Waals surface area contributed by atoms with Crippen LogP contribution in [0.25, 0.3) is 0 Å². The third kappa shape index (κ3) is 2.84. The minimum Gasteiger partial charge on any atom is -0.337 e. The van der Waals surface area contributed by atoms with Crippen molar-refractivity contribution < 1.29 is 14.4 Å². The molecule has 0 aliphatic carbocycles. The van der Waals surface area contributed by atoms with Crippen LogP contribution in [-0.4, -0.2) is 51.0 Å². The van der Waals surface area contributed by atoms with Crippen LogP contribution in [0.3, 0.4) is 0 Å². The van der Waals surface area contributed by atoms with Crippen molar-refractivity contribution in [1.29, 1.82) is 0 Å². The Morgan fingerprint density at radius 2 is 2.07 bits per heavy atom. The molecule has 2 fully saturated rings. The molecule has 3 N–H and O–H groups in total. The van der Waals surface area contributed by atoms with E-state index in [0.717, 1.165) is 5.69 Å². The number of nitrogens with one attached hydrogen (secondary N) is 3. The van der Waals surface area contributed by atoms with E-state index in [1.54, 1.807) is 35.5 Å². The largest absolute Gasteiger partial charge is 0.337 e. The molecule has 0 radical (unpaired) electrons. The van der Waals surface area contributed by atoms with Gasteiger partial charge < -0.3 is 10.2 Å². The number of aromatic amines is 1. The van der Waals surface area contributed by atoms with Gasteiger partial charge in [0, 0.05) is 36.7 Å². The van der Waals surface area contributed by atoms with Gasteiger partial charge in [-0.1, -0.05) is 6.07 Å². The lowest BCUT2D eigenvalue weighted by atomic mass is 9.73. The molecule has 4 amide bonds. The Balaban J connectivity index is 1.55. The predicted molar refractivity (Wildman–Crippen MR) is 94.5 cm³/mol. The Hall–Kier alpha value is -3.23. The van der Waals surface area contributed by atoms with Crippen LogP contribution in [0, 0.1) is 12.8 Å². The smallest absolute Gasteiger partial charge is 0.322 e. The van der Waals surface area contributed by atoms with Crippen molar-refractivity contribution in [1.82, 2.24) is 30.7 Å². The highest BCUT2D eigenvalue weighted by Gasteiger charge is 2.54. The molecule has 0 saturated carbocycles. The second kappa shape index (κ2) is 6.49. The molecule has 9 nitrogen and oxygen atoms in total. The molecular formula is C18H20N6O3. The molecule has 0 unspecified atom stereocenters. The van der Waals surface area contributed by atoms with E-state index in [2.05, 4.69) is 25.8 Å². The average Bonchev–Trinajstić information content (AvgIpc) is 3.25. The highest BCUT2D eigenvalue weighted by Crippen LogP contribution is 2.38. The van der Waals surface area contributed by atoms with Crippen LogP contribution in [0.5, 0.6) is 0 Å². The number of rotatable bonds is 3. The van der Waals surface area contributed by atoms with Gasteiger partial charge in [-0.15, -0.1) is 0 Å². The third-order valence-electron chi connectivity index (χ3n) is 5.33. The lowest BCUT2D eigenvalue weighted by Crippen LogP contribution is -2.54. The van der Waals surface area contributed by atoms with Crippen LogP contribution in [0.4, 0.5) is 4.79 Å². The summed E-state index contributed by atoms with van der Waals surface area (Å²) in [5, 5.41) is 12.0. The van der Waals surface area contributed by atoms with Gasteiger partial charge in [0.2, 0.25) is 0 Å². The normalized spacial score (nSPS) is 23.2. The summed E-state index contributed by atoms with van der Waals surface area (Å²) < 4.78 is 0. The molecule has 2 saturated heterocycles. The van der Waals surface area contributed by atoms with E-state index in [1.165, 1.54) is 0 Å². The van der Waals surface area contributed by atoms with Crippen LogP contribution < -0.4 is 10.6 Å². The van der Waals surface area contributed by atoms with Gasteiger partial charge in [0.05, 0.1) is 0 Å². The van der Waals surface area contributed by atoms with Crippen LogP contribution in [0.2, 0.25) is 0 Å². The summed E-state index contributed by atoms with van der Waals surface area (Å²) in [5.41, 5.74) is 0.721. The Labute approximate surface area is 155 Å². The second-order valence-corrected chi connectivity index (χ2v) is 6.96. The van der Waals surface area contributed by atoms with E-state index in [9.17, 15) is 14.4 Å². The van der Waals surface area contributed by atoms with Crippen molar-refractivity contribution >= 4 is 17.8 Å². The number of urea groups is 1. The molecule has 4 heterocycles. The summed E-state index contributed by atoms with van der Waals surface area (Å²) in [6, 6.07) is 4.75. The summed E-state index contributed by atoms with van der Waals surface area (Å²) in [6.07, 6.45) is 4.39. The van der Waals surface area contributed by atoms with Crippen LogP contribution in [-0.2, 0) is 10.3 Å². The van der Waals surface area contributed by atoms with Crippen LogP contribution in [0.15, 0.2) is 30.6 Å². The Kier molecular flexibility index (Phi) is 4.14. The Morgan fingerprint density at radius 3 is 2.63 bits per heavy atom. The van der Waals surface area contributed by atoms with E-state index in [1.807, 2.05) is 6.92 Å². The number of carbonyl (C=O) groups excluding carboxylic acids is 3. The molecule has 0 bridgehead atoms. The first-order valence-corrected chi connectivity index (χ1v) is 8.86. The number of hydrogen-bond acceptors (Lipinski definition) is 5. The third-order valence-corrected chi connectivity index (χ3v) is 5.33. The highest BCUT2D eigenvalue weighted by molar-refractivity contribution is 6.07. The van der Waals surface area contributed by atoms with E-state index in [-0.39, 0.29) is 17.7 Å². The fourth-order valence-electron chi connectivity index (χ4n) is 4.00. The van der Waals surface area contributed by atoms with Crippen molar-refractivity contribution in [2.75, 3.05) is 13.1 Å². The van der Waals surface area contributed by atoms with Crippen molar-refractivity contribution in [3.63, 3.8) is 0 Å². The molecule has 9 heteroatoms. The maximum Gasteiger partial charge on any atom is 0.322 e. The zero-order valence-corrected chi connectivity index (χ0v) is 14.9. The van der Waals surface area contributed by atoms with E-state index in [4.69, 9.17) is 0 Å². The molecule has 0 spiro atoms. The first-order valence-electron chi connectivity index (χ1n) is 8.86. The molecule has 4 rings (SSSR count). The number of imide groups is 1. The van der Waals surface area contributed by atoms with Gasteiger partial charge in [0.1, 0.15) is 5.69 Å². The fraction of sp³-hybridized carbons (Fsp3) is 0.389. The summed E-state index contributed by atoms with van der Waals surface area (Å²) in [6.45, 7) is 2.82. The second-order valence-electron chi connectivity index (χ2n) is 6.96. The van der Waals surface area contributed by atoms with Gasteiger partial charge in [-0.25, -0.2) is 4.79 Å². The van der Waals surface area contributed by atoms with Gasteiger partial charge in [0.15, 0.2) is 5.54 Å². The molecule has 2 aromatic heterocycles. The topological polar surface area (TPSA) is 120 Å². The van der Waals surface area contributed by atoms with E-state index < -0.39 is 11.6 Å². The number of aryl methyl sites for hydroxylation is 1. The maximum atomic E-state index is 12.7. The molecule has 0 aromatic carbocycles. The van der Waals surface area contributed by atoms with Gasteiger partial charge >= 0.3 is 6.03 Å². The zero-order chi connectivity index (χ0) is 19.0. The number of piperidine rings is 1. The molecule has 1 atom stereocenters. The maximum absolute atomic E-state index is 12.7. The zero-order valence-electron chi connectivity index (χ0n) is 14.9. The van der Waals surface area contributed by atoms with E-state index in [0.29, 0.717) is 37.2 Å². The van der Waals surface area contributed by atoms with Crippen molar-refractivity contribution in [3.8, 4) is 0 Å². The summed E-state index contributed by atoms with van der Waals surface area (Å²) in [7, 11) is 0. The summed E-state index contributed by atoms with van der Waals surface area (Å²) in [4.78, 5) is 43.1. The summed E-state index contributed by atoms with van der Waals surface area (Å²) in [5.74, 6) is -0.639. The van der Waals surface area contributed by atoms with E-state index >= 15 is 0 Å². The quantitative estimate of drug-likeness (QED) is 0.689. The lowest BCUT2D eigenvalue weighted by molar-refractivity contribution is -0.127. The van der Waals surface area contributed by atoms with Gasteiger partial charge in [-0.2, -0.15) is 5.10 Å². The van der Waals surface area contributed by atoms with Gasteiger partial charge in [0.25, 0.3) is 11.8 Å². The number of nitrogens with zero attached hydrogens (tertiary/aromatic N) is 3. The minimum absolute atomic E-state index is 0.131. The van der Waals surface area contributed by atoms with Gasteiger partial charge in [-0.3, -0.25) is 25.0 Å². The number of carbonyl (C=O) groups is 3. The number of pyridine rings is 1. The van der Waals surface area contributed by atoms with Crippen molar-refractivity contribution in [2.45, 2.75) is 25.3 Å². The standard InChI is InChI=1S/C18H20N6O3/c1-11-9-14(23-22-11)15(25)24-7-4-12(5-8-24)18(13-3-2-6-19-10-13)16(26)20-17(27)21-18/h2-3,6,9-10,12H,4-5,7-8H2,1H3,(H,22,23)(H2,20,21,26,27)/t18-/m0/s1. The highest BCUT2D eigenvalue weighted by atomic mass is 16.2. The van der Waals surface area contributed by atoms with Crippen LogP contribution in [0.1, 0.15) is 34.6 Å². The molecule has 27 heavy (non-hydrogen) atoms. The first kappa shape index (κ1) is 17.2. The number of likely N-dealkylation sites (tertiary alicyclic amines) is 1. The number of hydrogen-bond donors (Lipinski definition) is 3. The Morgan fingerprint density at radius 1 is 1.30 bits per heavy atom. The molecule has 140 valence electrons. The fourth-order valence-corrected chi connectivity index (χ4v) is 4.00. The van der Waals surface area contributed by atoms with Crippen molar-refractivity contribution in [2.24, 2.45) is 5.92 Å². The molecule has 2 aliphatic rings. The number of aromatic nitrogens is 3. The SMILES string of the molecule is Cc1cc(C(=O)N2CCC([C@@]3(c4cccnc4)NC(=O)NC3=O)CC2)n[nH]1. The predicted octanol–water partition coefficient (Wildman–Crippen LogP) is 0.700. The summed E-state index contributed by atoms with van der Waals surface area (Å²) >= 11 is 0. The average molecular weight is 368 g/mol. The molecule has 2 aromatic rings. The molecular weight excluding hydrogens is 348 g/mol. The minimum atomic E-state index is -1.15. The monoisotopic (exact) mass is 368 g/mol.